The molecule has 1 atom stereocenters. The van der Waals surface area contributed by atoms with Gasteiger partial charge in [-0.3, -0.25) is 9.59 Å². The number of benzene rings is 2. The van der Waals surface area contributed by atoms with Gasteiger partial charge in [0.15, 0.2) is 0 Å². The summed E-state index contributed by atoms with van der Waals surface area (Å²) in [7, 11) is 0. The third kappa shape index (κ3) is 3.91. The summed E-state index contributed by atoms with van der Waals surface area (Å²) in [6, 6.07) is 9.96. The molecule has 1 aliphatic heterocycles. The predicted molar refractivity (Wildman–Crippen MR) is 88.9 cm³/mol. The second-order valence-corrected chi connectivity index (χ2v) is 5.82. The first kappa shape index (κ1) is 16.8. The van der Waals surface area contributed by atoms with E-state index in [9.17, 15) is 14.7 Å². The van der Waals surface area contributed by atoms with Crippen molar-refractivity contribution in [2.75, 3.05) is 0 Å². The zero-order chi connectivity index (χ0) is 18.0. The lowest BCUT2D eigenvalue weighted by atomic mass is 9.96. The molecule has 0 fully saturated rings. The smallest absolute Gasteiger partial charge is 0.308 e. The molecule has 1 heterocycles. The fourth-order valence-electron chi connectivity index (χ4n) is 2.82. The summed E-state index contributed by atoms with van der Waals surface area (Å²) in [5.41, 5.74) is 1.63. The van der Waals surface area contributed by atoms with Crippen LogP contribution in [-0.4, -0.2) is 17.0 Å². The minimum absolute atomic E-state index is 0.00309. The maximum Gasteiger partial charge on any atom is 0.308 e. The summed E-state index contributed by atoms with van der Waals surface area (Å²) in [6.07, 6.45) is 1.12. The van der Waals surface area contributed by atoms with Gasteiger partial charge in [0.25, 0.3) is 0 Å². The molecule has 0 bridgehead atoms. The molecule has 6 heteroatoms. The molecule has 0 spiro atoms. The van der Waals surface area contributed by atoms with Crippen molar-refractivity contribution in [2.24, 2.45) is 0 Å². The van der Waals surface area contributed by atoms with Crippen molar-refractivity contribution in [2.45, 2.75) is 32.8 Å². The number of fused-ring (bicyclic) bond motifs is 1. The van der Waals surface area contributed by atoms with E-state index < -0.39 is 11.9 Å². The van der Waals surface area contributed by atoms with Gasteiger partial charge in [-0.1, -0.05) is 6.07 Å². The Hall–Kier alpha value is -3.02. The topological polar surface area (TPSA) is 82.1 Å². The Morgan fingerprint density at radius 1 is 1.04 bits per heavy atom. The monoisotopic (exact) mass is 342 g/mol. The lowest BCUT2D eigenvalue weighted by Crippen LogP contribution is -2.15. The van der Waals surface area contributed by atoms with E-state index >= 15 is 0 Å². The Balaban J connectivity index is 1.82. The number of phenolic OH excluding ortho intramolecular Hbond substituents is 1. The highest BCUT2D eigenvalue weighted by Crippen LogP contribution is 2.40. The van der Waals surface area contributed by atoms with Crippen LogP contribution in [0.25, 0.3) is 0 Å². The number of esters is 2. The maximum atomic E-state index is 11.1. The van der Waals surface area contributed by atoms with Crippen LogP contribution in [0.4, 0.5) is 0 Å². The first-order valence-electron chi connectivity index (χ1n) is 7.91. The molecule has 0 amide bonds. The molecule has 2 aromatic rings. The van der Waals surface area contributed by atoms with E-state index in [2.05, 4.69) is 0 Å². The van der Waals surface area contributed by atoms with Gasteiger partial charge in [-0.2, -0.15) is 0 Å². The van der Waals surface area contributed by atoms with E-state index in [1.54, 1.807) is 24.3 Å². The van der Waals surface area contributed by atoms with Crippen LogP contribution in [0, 0.1) is 0 Å². The Bertz CT molecular complexity index is 827. The van der Waals surface area contributed by atoms with Gasteiger partial charge in [0.05, 0.1) is 0 Å². The molecule has 1 unspecified atom stereocenters. The van der Waals surface area contributed by atoms with E-state index in [0.717, 1.165) is 12.0 Å². The minimum atomic E-state index is -0.451. The highest BCUT2D eigenvalue weighted by atomic mass is 16.5. The average molecular weight is 342 g/mol. The SMILES string of the molecule is CC(=O)Oc1ccc(C2CCc3ccc(OC(C)=O)cc3O2)c(O)c1. The van der Waals surface area contributed by atoms with Gasteiger partial charge in [0.1, 0.15) is 29.1 Å². The summed E-state index contributed by atoms with van der Waals surface area (Å²) in [5.74, 6) is 0.476. The largest absolute Gasteiger partial charge is 0.507 e. The first-order valence-corrected chi connectivity index (χ1v) is 7.91. The number of aryl methyl sites for hydroxylation is 1. The van der Waals surface area contributed by atoms with E-state index in [0.29, 0.717) is 23.5 Å². The fraction of sp³-hybridized carbons (Fsp3) is 0.263. The molecule has 0 saturated heterocycles. The van der Waals surface area contributed by atoms with Gasteiger partial charge in [-0.15, -0.1) is 0 Å². The zero-order valence-corrected chi connectivity index (χ0v) is 13.9. The minimum Gasteiger partial charge on any atom is -0.507 e. The van der Waals surface area contributed by atoms with Crippen LogP contribution in [0.3, 0.4) is 0 Å². The van der Waals surface area contributed by atoms with Crippen LogP contribution in [0.1, 0.15) is 37.5 Å². The van der Waals surface area contributed by atoms with Crippen LogP contribution < -0.4 is 14.2 Å². The Morgan fingerprint density at radius 3 is 2.32 bits per heavy atom. The van der Waals surface area contributed by atoms with Crippen molar-refractivity contribution >= 4 is 11.9 Å². The number of phenols is 1. The molecule has 130 valence electrons. The van der Waals surface area contributed by atoms with Crippen molar-refractivity contribution in [3.8, 4) is 23.0 Å². The van der Waals surface area contributed by atoms with E-state index in [4.69, 9.17) is 14.2 Å². The van der Waals surface area contributed by atoms with Gasteiger partial charge >= 0.3 is 11.9 Å². The standard InChI is InChI=1S/C19H18O6/c1-11(20)23-14-6-7-16(17(22)9-14)18-8-4-13-3-5-15(24-12(2)21)10-19(13)25-18/h3,5-7,9-10,18,22H,4,8H2,1-2H3. The second-order valence-electron chi connectivity index (χ2n) is 5.82. The van der Waals surface area contributed by atoms with Crippen molar-refractivity contribution in [1.82, 2.24) is 0 Å². The summed E-state index contributed by atoms with van der Waals surface area (Å²) in [6.45, 7) is 2.64. The fourth-order valence-corrected chi connectivity index (χ4v) is 2.82. The molecular weight excluding hydrogens is 324 g/mol. The van der Waals surface area contributed by atoms with Crippen LogP contribution in [0.15, 0.2) is 36.4 Å². The third-order valence-corrected chi connectivity index (χ3v) is 3.86. The third-order valence-electron chi connectivity index (χ3n) is 3.86. The molecule has 3 rings (SSSR count). The predicted octanol–water partition coefficient (Wildman–Crippen LogP) is 3.31. The number of hydrogen-bond donors (Lipinski definition) is 1. The summed E-state index contributed by atoms with van der Waals surface area (Å²) in [4.78, 5) is 22.1. The van der Waals surface area contributed by atoms with Crippen LogP contribution in [0.5, 0.6) is 23.0 Å². The Kier molecular flexibility index (Phi) is 4.61. The lowest BCUT2D eigenvalue weighted by Gasteiger charge is -2.27. The number of rotatable bonds is 3. The number of ether oxygens (including phenoxy) is 3. The molecule has 1 N–H and O–H groups in total. The van der Waals surface area contributed by atoms with Gasteiger partial charge in [0, 0.05) is 31.5 Å². The molecule has 1 aliphatic rings. The molecular formula is C19H18O6. The van der Waals surface area contributed by atoms with E-state index in [1.807, 2.05) is 6.07 Å². The van der Waals surface area contributed by atoms with E-state index in [1.165, 1.54) is 19.9 Å². The molecule has 0 aromatic heterocycles. The van der Waals surface area contributed by atoms with Crippen molar-refractivity contribution in [1.29, 1.82) is 0 Å². The Labute approximate surface area is 144 Å². The van der Waals surface area contributed by atoms with Crippen LogP contribution in [-0.2, 0) is 16.0 Å². The number of carbonyl (C=O) groups excluding carboxylic acids is 2. The van der Waals surface area contributed by atoms with Gasteiger partial charge in [-0.25, -0.2) is 0 Å². The van der Waals surface area contributed by atoms with Crippen molar-refractivity contribution < 1.29 is 28.9 Å². The lowest BCUT2D eigenvalue weighted by molar-refractivity contribution is -0.132. The van der Waals surface area contributed by atoms with Gasteiger partial charge in [0.2, 0.25) is 0 Å². The highest BCUT2D eigenvalue weighted by Gasteiger charge is 2.24. The van der Waals surface area contributed by atoms with E-state index in [-0.39, 0.29) is 17.6 Å². The maximum absolute atomic E-state index is 11.1. The van der Waals surface area contributed by atoms with Crippen molar-refractivity contribution in [3.05, 3.63) is 47.5 Å². The van der Waals surface area contributed by atoms with Crippen LogP contribution >= 0.6 is 0 Å². The second kappa shape index (κ2) is 6.84. The quantitative estimate of drug-likeness (QED) is 0.681. The Morgan fingerprint density at radius 2 is 1.68 bits per heavy atom. The highest BCUT2D eigenvalue weighted by molar-refractivity contribution is 5.70. The molecule has 25 heavy (non-hydrogen) atoms. The molecule has 0 aliphatic carbocycles. The normalized spacial score (nSPS) is 15.7. The zero-order valence-electron chi connectivity index (χ0n) is 13.9. The van der Waals surface area contributed by atoms with Crippen molar-refractivity contribution in [3.63, 3.8) is 0 Å². The molecule has 2 aromatic carbocycles. The summed E-state index contributed by atoms with van der Waals surface area (Å²) in [5, 5.41) is 10.2. The molecule has 0 saturated carbocycles. The van der Waals surface area contributed by atoms with Gasteiger partial charge in [-0.05, 0) is 36.6 Å². The molecule has 6 nitrogen and oxygen atoms in total. The number of carbonyl (C=O) groups is 2. The van der Waals surface area contributed by atoms with Gasteiger partial charge < -0.3 is 19.3 Å². The summed E-state index contributed by atoms with van der Waals surface area (Å²) >= 11 is 0. The summed E-state index contributed by atoms with van der Waals surface area (Å²) < 4.78 is 16.0. The van der Waals surface area contributed by atoms with Crippen LogP contribution in [0.2, 0.25) is 0 Å². The average Bonchev–Trinajstić information content (AvgIpc) is 2.53. The number of aromatic hydroxyl groups is 1. The number of hydrogen-bond acceptors (Lipinski definition) is 6. The molecule has 0 radical (unpaired) electrons. The first-order chi connectivity index (χ1) is 11.9.